The van der Waals surface area contributed by atoms with Crippen LogP contribution in [0, 0.1) is 13.8 Å². The van der Waals surface area contributed by atoms with Gasteiger partial charge in [0.05, 0.1) is 0 Å². The molecule has 0 atom stereocenters. The number of aryl methyl sites for hydroxylation is 2. The van der Waals surface area contributed by atoms with Crippen molar-refractivity contribution < 1.29 is 0 Å². The molecule has 0 aliphatic carbocycles. The Kier molecular flexibility index (Phi) is 3.81. The molecule has 0 saturated heterocycles. The van der Waals surface area contributed by atoms with Crippen LogP contribution >= 0.6 is 11.6 Å². The Bertz CT molecular complexity index is 787. The third-order valence-corrected chi connectivity index (χ3v) is 4.17. The summed E-state index contributed by atoms with van der Waals surface area (Å²) in [6.07, 6.45) is 0. The quantitative estimate of drug-likeness (QED) is 0.520. The fraction of sp³-hybridized carbons (Fsp3) is 0.100. The van der Waals surface area contributed by atoms with Gasteiger partial charge < -0.3 is 0 Å². The first-order valence-corrected chi connectivity index (χ1v) is 7.46. The maximum absolute atomic E-state index is 6.54. The Labute approximate surface area is 131 Å². The predicted molar refractivity (Wildman–Crippen MR) is 91.8 cm³/mol. The lowest BCUT2D eigenvalue weighted by molar-refractivity contribution is 1.44. The first-order chi connectivity index (χ1) is 10.2. The molecule has 0 spiro atoms. The van der Waals surface area contributed by atoms with Crippen molar-refractivity contribution in [1.82, 2.24) is 0 Å². The van der Waals surface area contributed by atoms with E-state index in [0.29, 0.717) is 0 Å². The SMILES string of the molecule is Cc1ccccc1-c1ccc(-c2ccccc2C)c(Cl)c1. The summed E-state index contributed by atoms with van der Waals surface area (Å²) in [6.45, 7) is 4.24. The van der Waals surface area contributed by atoms with Crippen molar-refractivity contribution in [1.29, 1.82) is 0 Å². The zero-order chi connectivity index (χ0) is 14.8. The molecule has 0 aliphatic rings. The molecule has 3 aromatic rings. The second-order valence-electron chi connectivity index (χ2n) is 5.32. The Morgan fingerprint density at radius 2 is 1.19 bits per heavy atom. The Balaban J connectivity index is 2.09. The third-order valence-electron chi connectivity index (χ3n) is 3.86. The number of hydrogen-bond acceptors (Lipinski definition) is 0. The minimum atomic E-state index is 0.796. The van der Waals surface area contributed by atoms with Gasteiger partial charge in [-0.25, -0.2) is 0 Å². The van der Waals surface area contributed by atoms with Crippen molar-refractivity contribution in [3.63, 3.8) is 0 Å². The molecule has 21 heavy (non-hydrogen) atoms. The normalized spacial score (nSPS) is 10.6. The third kappa shape index (κ3) is 2.72. The highest BCUT2D eigenvalue weighted by Gasteiger charge is 2.08. The van der Waals surface area contributed by atoms with E-state index in [1.165, 1.54) is 22.3 Å². The van der Waals surface area contributed by atoms with Crippen LogP contribution in [-0.4, -0.2) is 0 Å². The molecule has 0 fully saturated rings. The van der Waals surface area contributed by atoms with Crippen LogP contribution in [0.5, 0.6) is 0 Å². The van der Waals surface area contributed by atoms with Gasteiger partial charge >= 0.3 is 0 Å². The van der Waals surface area contributed by atoms with Gasteiger partial charge in [0.2, 0.25) is 0 Å². The second kappa shape index (κ2) is 5.75. The Morgan fingerprint density at radius 3 is 1.76 bits per heavy atom. The molecule has 0 bridgehead atoms. The van der Waals surface area contributed by atoms with Gasteiger partial charge in [0.1, 0.15) is 0 Å². The average molecular weight is 293 g/mol. The number of halogens is 1. The van der Waals surface area contributed by atoms with Crippen molar-refractivity contribution in [2.24, 2.45) is 0 Å². The molecule has 0 amide bonds. The number of rotatable bonds is 2. The van der Waals surface area contributed by atoms with E-state index in [9.17, 15) is 0 Å². The van der Waals surface area contributed by atoms with Gasteiger partial charge in [0.15, 0.2) is 0 Å². The summed E-state index contributed by atoms with van der Waals surface area (Å²) in [4.78, 5) is 0. The van der Waals surface area contributed by atoms with Crippen LogP contribution in [0.1, 0.15) is 11.1 Å². The molecule has 104 valence electrons. The van der Waals surface area contributed by atoms with Crippen molar-refractivity contribution in [2.75, 3.05) is 0 Å². The average Bonchev–Trinajstić information content (AvgIpc) is 2.49. The van der Waals surface area contributed by atoms with Crippen LogP contribution in [0.25, 0.3) is 22.3 Å². The van der Waals surface area contributed by atoms with Crippen molar-refractivity contribution >= 4 is 11.6 Å². The van der Waals surface area contributed by atoms with Crippen LogP contribution in [0.4, 0.5) is 0 Å². The van der Waals surface area contributed by atoms with E-state index < -0.39 is 0 Å². The van der Waals surface area contributed by atoms with Gasteiger partial charge in [0, 0.05) is 10.6 Å². The highest BCUT2D eigenvalue weighted by Crippen LogP contribution is 2.34. The smallest absolute Gasteiger partial charge is 0.0490 e. The maximum Gasteiger partial charge on any atom is 0.0490 e. The molecule has 0 saturated carbocycles. The summed E-state index contributed by atoms with van der Waals surface area (Å²) >= 11 is 6.54. The van der Waals surface area contributed by atoms with Gasteiger partial charge in [-0.05, 0) is 47.7 Å². The summed E-state index contributed by atoms with van der Waals surface area (Å²) in [5.41, 5.74) is 7.18. The second-order valence-corrected chi connectivity index (χ2v) is 5.73. The van der Waals surface area contributed by atoms with Crippen LogP contribution in [-0.2, 0) is 0 Å². The zero-order valence-corrected chi connectivity index (χ0v) is 13.0. The van der Waals surface area contributed by atoms with Gasteiger partial charge in [-0.3, -0.25) is 0 Å². The number of benzene rings is 3. The lowest BCUT2D eigenvalue weighted by Crippen LogP contribution is -1.87. The lowest BCUT2D eigenvalue weighted by atomic mass is 9.96. The molecule has 0 aliphatic heterocycles. The summed E-state index contributed by atoms with van der Waals surface area (Å²) < 4.78 is 0. The van der Waals surface area contributed by atoms with E-state index in [1.54, 1.807) is 0 Å². The van der Waals surface area contributed by atoms with Crippen molar-refractivity contribution in [2.45, 2.75) is 13.8 Å². The molecule has 0 heterocycles. The molecule has 3 aromatic carbocycles. The largest absolute Gasteiger partial charge is 0.0836 e. The minimum Gasteiger partial charge on any atom is -0.0836 e. The van der Waals surface area contributed by atoms with E-state index in [4.69, 9.17) is 11.6 Å². The summed E-state index contributed by atoms with van der Waals surface area (Å²) in [5, 5.41) is 0.796. The van der Waals surface area contributed by atoms with Gasteiger partial charge in [-0.2, -0.15) is 0 Å². The summed E-state index contributed by atoms with van der Waals surface area (Å²) in [6, 6.07) is 23.0. The molecule has 0 aromatic heterocycles. The molecule has 0 radical (unpaired) electrons. The highest BCUT2D eigenvalue weighted by molar-refractivity contribution is 6.33. The predicted octanol–water partition coefficient (Wildman–Crippen LogP) is 6.29. The molecule has 3 rings (SSSR count). The first kappa shape index (κ1) is 13.9. The minimum absolute atomic E-state index is 0.796. The fourth-order valence-electron chi connectivity index (χ4n) is 2.67. The fourth-order valence-corrected chi connectivity index (χ4v) is 2.96. The van der Waals surface area contributed by atoms with E-state index >= 15 is 0 Å². The lowest BCUT2D eigenvalue weighted by Gasteiger charge is -2.11. The first-order valence-electron chi connectivity index (χ1n) is 7.08. The van der Waals surface area contributed by atoms with E-state index in [-0.39, 0.29) is 0 Å². The molecular formula is C20H17Cl. The van der Waals surface area contributed by atoms with Gasteiger partial charge in [-0.1, -0.05) is 72.3 Å². The van der Waals surface area contributed by atoms with Crippen molar-refractivity contribution in [3.05, 3.63) is 82.9 Å². The number of hydrogen-bond donors (Lipinski definition) is 0. The van der Waals surface area contributed by atoms with E-state index in [1.807, 2.05) is 6.07 Å². The van der Waals surface area contributed by atoms with Gasteiger partial charge in [-0.15, -0.1) is 0 Å². The highest BCUT2D eigenvalue weighted by atomic mass is 35.5. The van der Waals surface area contributed by atoms with Crippen LogP contribution in [0.2, 0.25) is 5.02 Å². The zero-order valence-electron chi connectivity index (χ0n) is 12.2. The van der Waals surface area contributed by atoms with Crippen LogP contribution in [0.3, 0.4) is 0 Å². The monoisotopic (exact) mass is 292 g/mol. The maximum atomic E-state index is 6.54. The van der Waals surface area contributed by atoms with E-state index in [0.717, 1.165) is 16.1 Å². The van der Waals surface area contributed by atoms with Crippen molar-refractivity contribution in [3.8, 4) is 22.3 Å². The molecular weight excluding hydrogens is 276 g/mol. The van der Waals surface area contributed by atoms with Gasteiger partial charge in [0.25, 0.3) is 0 Å². The molecule has 1 heteroatoms. The van der Waals surface area contributed by atoms with Crippen LogP contribution < -0.4 is 0 Å². The van der Waals surface area contributed by atoms with E-state index in [2.05, 4.69) is 74.5 Å². The molecule has 0 unspecified atom stereocenters. The molecule has 0 N–H and O–H groups in total. The summed E-state index contributed by atoms with van der Waals surface area (Å²) in [5.74, 6) is 0. The molecule has 0 nitrogen and oxygen atoms in total. The van der Waals surface area contributed by atoms with Crippen LogP contribution in [0.15, 0.2) is 66.7 Å². The Hall–Kier alpha value is -2.05. The standard InChI is InChI=1S/C20H17Cl/c1-14-7-3-5-9-17(14)16-11-12-19(20(21)13-16)18-10-6-4-8-15(18)2/h3-13H,1-2H3. The Morgan fingerprint density at radius 1 is 0.619 bits per heavy atom. The summed E-state index contributed by atoms with van der Waals surface area (Å²) in [7, 11) is 0. The topological polar surface area (TPSA) is 0 Å².